The first-order valence-corrected chi connectivity index (χ1v) is 17.0. The Kier molecular flexibility index (Phi) is 14.1. The van der Waals surface area contributed by atoms with E-state index in [-0.39, 0.29) is 12.8 Å². The zero-order chi connectivity index (χ0) is 37.9. The summed E-state index contributed by atoms with van der Waals surface area (Å²) in [4.78, 5) is 57.0. The van der Waals surface area contributed by atoms with E-state index in [0.717, 1.165) is 27.2 Å². The molecule has 4 amide bonds. The molecule has 5 atom stereocenters. The highest BCUT2D eigenvalue weighted by Gasteiger charge is 2.40. The van der Waals surface area contributed by atoms with E-state index in [1.807, 2.05) is 87.5 Å². The fourth-order valence-electron chi connectivity index (χ4n) is 6.11. The number of aromatic nitrogens is 1. The van der Waals surface area contributed by atoms with Gasteiger partial charge in [-0.3, -0.25) is 19.5 Å². The average molecular weight is 704 g/mol. The van der Waals surface area contributed by atoms with Gasteiger partial charge in [-0.15, -0.1) is 0 Å². The molecular formula is C39H53N5O7. The number of aliphatic hydroxyl groups excluding tert-OH is 1. The zero-order valence-electron chi connectivity index (χ0n) is 30.8. The summed E-state index contributed by atoms with van der Waals surface area (Å²) in [5, 5.41) is 30.4. The predicted molar refractivity (Wildman–Crippen MR) is 196 cm³/mol. The molecule has 276 valence electrons. The molecule has 3 rings (SSSR count). The van der Waals surface area contributed by atoms with Crippen molar-refractivity contribution in [2.75, 3.05) is 14.2 Å². The van der Waals surface area contributed by atoms with E-state index in [1.165, 1.54) is 14.2 Å². The highest BCUT2D eigenvalue weighted by Crippen LogP contribution is 2.26. The summed E-state index contributed by atoms with van der Waals surface area (Å²) in [6, 6.07) is 17.5. The van der Waals surface area contributed by atoms with Gasteiger partial charge >= 0.3 is 12.2 Å². The second-order valence-corrected chi connectivity index (χ2v) is 15.1. The van der Waals surface area contributed by atoms with Gasteiger partial charge in [0.2, 0.25) is 11.8 Å². The topological polar surface area (TPSA) is 170 Å². The number of carbonyl (C=O) groups is 4. The van der Waals surface area contributed by atoms with Gasteiger partial charge in [-0.2, -0.15) is 0 Å². The lowest BCUT2D eigenvalue weighted by atomic mass is 9.84. The van der Waals surface area contributed by atoms with Gasteiger partial charge in [-0.05, 0) is 58.4 Å². The molecule has 0 radical (unpaired) electrons. The Bertz CT molecular complexity index is 1590. The smallest absolute Gasteiger partial charge is 0.407 e. The molecule has 0 aliphatic heterocycles. The first-order chi connectivity index (χ1) is 23.9. The van der Waals surface area contributed by atoms with Crippen molar-refractivity contribution in [1.82, 2.24) is 25.8 Å². The fourth-order valence-corrected chi connectivity index (χ4v) is 6.11. The second-order valence-electron chi connectivity index (χ2n) is 15.1. The lowest BCUT2D eigenvalue weighted by molar-refractivity contribution is -0.131. The van der Waals surface area contributed by atoms with Crippen molar-refractivity contribution < 1.29 is 34.1 Å². The number of hydrogen-bond donors (Lipinski definition) is 5. The number of benzene rings is 2. The Morgan fingerprint density at radius 3 is 1.94 bits per heavy atom. The minimum absolute atomic E-state index is 0.0311. The largest absolute Gasteiger partial charge is 0.465 e. The number of hydrogen-bond acceptors (Lipinski definition) is 7. The van der Waals surface area contributed by atoms with Crippen LogP contribution in [0.15, 0.2) is 79.1 Å². The molecule has 12 nitrogen and oxygen atoms in total. The van der Waals surface area contributed by atoms with Gasteiger partial charge in [0.05, 0.1) is 19.3 Å². The number of methoxy groups -OCH3 is 1. The van der Waals surface area contributed by atoms with Crippen molar-refractivity contribution in [2.24, 2.45) is 10.8 Å². The molecule has 12 heteroatoms. The van der Waals surface area contributed by atoms with E-state index in [4.69, 9.17) is 4.74 Å². The van der Waals surface area contributed by atoms with Crippen molar-refractivity contribution >= 4 is 24.0 Å². The molecule has 5 N–H and O–H groups in total. The maximum absolute atomic E-state index is 13.9. The quantitative estimate of drug-likeness (QED) is 0.155. The summed E-state index contributed by atoms with van der Waals surface area (Å²) in [5.74, 6) is -1.01. The van der Waals surface area contributed by atoms with Crippen molar-refractivity contribution in [1.29, 1.82) is 0 Å². The van der Waals surface area contributed by atoms with Crippen LogP contribution in [0.25, 0.3) is 11.1 Å². The normalized spacial score (nSPS) is 14.6. The molecule has 0 saturated carbocycles. The molecule has 0 saturated heterocycles. The Balaban J connectivity index is 1.97. The van der Waals surface area contributed by atoms with Crippen LogP contribution in [-0.2, 0) is 27.2 Å². The van der Waals surface area contributed by atoms with Crippen LogP contribution < -0.4 is 16.0 Å². The van der Waals surface area contributed by atoms with Crippen molar-refractivity contribution in [3.8, 4) is 11.1 Å². The first-order valence-electron chi connectivity index (χ1n) is 17.0. The van der Waals surface area contributed by atoms with Gasteiger partial charge < -0.3 is 30.9 Å². The molecule has 51 heavy (non-hydrogen) atoms. The number of ether oxygens (including phenoxy) is 1. The molecule has 0 fully saturated rings. The third-order valence-corrected chi connectivity index (χ3v) is 8.73. The van der Waals surface area contributed by atoms with Gasteiger partial charge in [-0.25, -0.2) is 9.59 Å². The van der Waals surface area contributed by atoms with E-state index in [1.54, 1.807) is 33.2 Å². The number of nitrogens with one attached hydrogen (secondary N) is 3. The Morgan fingerprint density at radius 2 is 1.41 bits per heavy atom. The van der Waals surface area contributed by atoms with E-state index in [2.05, 4.69) is 20.9 Å². The number of alkyl carbamates (subject to hydrolysis) is 1. The summed E-state index contributed by atoms with van der Waals surface area (Å²) >= 11 is 0. The number of pyridine rings is 1. The number of likely N-dealkylation sites (N-methyl/N-ethyl adjacent to an activating group) is 1. The second kappa shape index (κ2) is 17.8. The Hall–Kier alpha value is -4.97. The number of aliphatic hydroxyl groups is 1. The third-order valence-electron chi connectivity index (χ3n) is 8.73. The van der Waals surface area contributed by atoms with Crippen LogP contribution in [-0.4, -0.2) is 88.5 Å². The Morgan fingerprint density at radius 1 is 0.784 bits per heavy atom. The van der Waals surface area contributed by atoms with E-state index in [0.29, 0.717) is 6.42 Å². The molecule has 2 aromatic carbocycles. The average Bonchev–Trinajstić information content (AvgIpc) is 3.06. The van der Waals surface area contributed by atoms with Gasteiger partial charge in [0.25, 0.3) is 0 Å². The molecule has 3 aromatic rings. The maximum atomic E-state index is 13.9. The number of amides is 4. The standard InChI is InChI=1S/C39H53N5O7/c1-38(2,3)32(43-36(48)51-8)34(46)41-29(21-25-13-10-9-11-14-25)23-31(45)30(42-35(47)33(39(4,5)6)44(7)37(49)50)22-26-16-18-27(19-17-26)28-15-12-20-40-24-28/h9-20,24,29-33,45H,21-23H2,1-8H3,(H,41,46)(H,42,47)(H,43,48)(H,49,50)/t29-,30-,31-,32+,33+/m0/s1. The minimum atomic E-state index is -1.26. The van der Waals surface area contributed by atoms with Crippen molar-refractivity contribution in [3.63, 3.8) is 0 Å². The monoisotopic (exact) mass is 703 g/mol. The van der Waals surface area contributed by atoms with E-state index >= 15 is 0 Å². The zero-order valence-corrected chi connectivity index (χ0v) is 30.8. The molecule has 0 spiro atoms. The molecule has 1 heterocycles. The summed E-state index contributed by atoms with van der Waals surface area (Å²) in [6.45, 7) is 10.8. The third kappa shape index (κ3) is 12.1. The van der Waals surface area contributed by atoms with Crippen LogP contribution >= 0.6 is 0 Å². The molecule has 0 unspecified atom stereocenters. The fraction of sp³-hybridized carbons (Fsp3) is 0.462. The lowest BCUT2D eigenvalue weighted by Crippen LogP contribution is -2.59. The van der Waals surface area contributed by atoms with Gasteiger partial charge in [0.15, 0.2) is 0 Å². The van der Waals surface area contributed by atoms with E-state index in [9.17, 15) is 29.4 Å². The van der Waals surface area contributed by atoms with Gasteiger partial charge in [-0.1, -0.05) is 102 Å². The number of carbonyl (C=O) groups excluding carboxylic acids is 3. The minimum Gasteiger partial charge on any atom is -0.465 e. The van der Waals surface area contributed by atoms with Crippen LogP contribution in [0.4, 0.5) is 9.59 Å². The SMILES string of the molecule is COC(=O)N[C@H](C(=O)N[C@@H](Cc1ccccc1)C[C@H](O)[C@H](Cc1ccc(-c2cccnc2)cc1)NC(=O)[C@@H](N(C)C(=O)O)C(C)(C)C)C(C)(C)C. The molecule has 0 aliphatic rings. The maximum Gasteiger partial charge on any atom is 0.407 e. The first kappa shape index (κ1) is 40.5. The number of carboxylic acid groups (broad SMARTS) is 1. The predicted octanol–water partition coefficient (Wildman–Crippen LogP) is 5.05. The van der Waals surface area contributed by atoms with Crippen LogP contribution in [0.5, 0.6) is 0 Å². The highest BCUT2D eigenvalue weighted by atomic mass is 16.5. The summed E-state index contributed by atoms with van der Waals surface area (Å²) in [6.07, 6.45) is 0.877. The molecule has 1 aromatic heterocycles. The van der Waals surface area contributed by atoms with Crippen LogP contribution in [0.1, 0.15) is 59.1 Å². The Labute approximate surface area is 301 Å². The van der Waals surface area contributed by atoms with Crippen molar-refractivity contribution in [3.05, 3.63) is 90.3 Å². The van der Waals surface area contributed by atoms with Crippen LogP contribution in [0, 0.1) is 10.8 Å². The summed E-state index contributed by atoms with van der Waals surface area (Å²) < 4.78 is 4.77. The van der Waals surface area contributed by atoms with Crippen LogP contribution in [0.2, 0.25) is 0 Å². The molecule has 0 bridgehead atoms. The lowest BCUT2D eigenvalue weighted by Gasteiger charge is -2.37. The van der Waals surface area contributed by atoms with E-state index < -0.39 is 65.1 Å². The molecular weight excluding hydrogens is 650 g/mol. The number of rotatable bonds is 14. The summed E-state index contributed by atoms with van der Waals surface area (Å²) in [7, 11) is 2.57. The summed E-state index contributed by atoms with van der Waals surface area (Å²) in [5.41, 5.74) is 2.17. The van der Waals surface area contributed by atoms with Crippen molar-refractivity contribution in [2.45, 2.75) is 91.1 Å². The van der Waals surface area contributed by atoms with Gasteiger partial charge in [0.1, 0.15) is 12.1 Å². The number of nitrogens with zero attached hydrogens (tertiary/aromatic N) is 2. The van der Waals surface area contributed by atoms with Gasteiger partial charge in [0, 0.05) is 25.5 Å². The highest BCUT2D eigenvalue weighted by molar-refractivity contribution is 5.87. The molecule has 0 aliphatic carbocycles. The van der Waals surface area contributed by atoms with Crippen LogP contribution in [0.3, 0.4) is 0 Å².